The number of hydrogen-bond acceptors (Lipinski definition) is 3. The van der Waals surface area contributed by atoms with Gasteiger partial charge in [-0.2, -0.15) is 0 Å². The molecule has 0 heterocycles. The first-order valence-electron chi connectivity index (χ1n) is 23.1. The van der Waals surface area contributed by atoms with Crippen LogP contribution in [0.1, 0.15) is 213 Å². The summed E-state index contributed by atoms with van der Waals surface area (Å²) in [7, 11) is 0. The van der Waals surface area contributed by atoms with E-state index in [1.165, 1.54) is 77.0 Å². The molecule has 0 aromatic carbocycles. The van der Waals surface area contributed by atoms with Crippen LogP contribution >= 0.6 is 45.2 Å². The van der Waals surface area contributed by atoms with Crippen LogP contribution in [0.3, 0.4) is 0 Å². The third-order valence-electron chi connectivity index (χ3n) is 11.5. The van der Waals surface area contributed by atoms with Crippen LogP contribution in [-0.4, -0.2) is 33.6 Å². The maximum atomic E-state index is 6.61. The first-order chi connectivity index (χ1) is 24.9. The quantitative estimate of drug-likeness (QED) is 0.0356. The van der Waals surface area contributed by atoms with Gasteiger partial charge in [0.2, 0.25) is 0 Å². The van der Waals surface area contributed by atoms with E-state index in [2.05, 4.69) is 142 Å². The number of alkyl halides is 2. The molecule has 0 rings (SSSR count). The lowest BCUT2D eigenvalue weighted by Gasteiger charge is -2.27. The molecule has 0 spiro atoms. The van der Waals surface area contributed by atoms with Gasteiger partial charge in [0, 0.05) is 21.1 Å². The molecule has 3 nitrogen and oxygen atoms in total. The Balaban J connectivity index is 4.72. The third kappa shape index (κ3) is 32.9. The van der Waals surface area contributed by atoms with Crippen molar-refractivity contribution in [1.82, 2.24) is 0 Å². The lowest BCUT2D eigenvalue weighted by molar-refractivity contribution is -0.250. The van der Waals surface area contributed by atoms with Crippen LogP contribution in [0.5, 0.6) is 0 Å². The molecule has 0 N–H and O–H groups in total. The van der Waals surface area contributed by atoms with Gasteiger partial charge in [-0.3, -0.25) is 0 Å². The predicted octanol–water partition coefficient (Wildman–Crippen LogP) is 16.8. The Kier molecular flexibility index (Phi) is 34.0. The normalized spacial score (nSPS) is 20.4. The van der Waals surface area contributed by atoms with Crippen LogP contribution in [0.15, 0.2) is 0 Å². The van der Waals surface area contributed by atoms with Crippen LogP contribution in [0.4, 0.5) is 0 Å². The first-order valence-corrected chi connectivity index (χ1v) is 25.6. The highest BCUT2D eigenvalue weighted by molar-refractivity contribution is 14.1. The Morgan fingerprint density at radius 3 is 0.830 bits per heavy atom. The monoisotopic (exact) mass is 975 g/mol. The molecular formula is C48H96I2O3. The van der Waals surface area contributed by atoms with Crippen molar-refractivity contribution in [3.8, 4) is 0 Å². The van der Waals surface area contributed by atoms with Crippen LogP contribution in [0.25, 0.3) is 0 Å². The summed E-state index contributed by atoms with van der Waals surface area (Å²) < 4.78 is 20.7. The molecule has 0 aliphatic heterocycles. The van der Waals surface area contributed by atoms with Crippen molar-refractivity contribution < 1.29 is 14.2 Å². The second kappa shape index (κ2) is 33.2. The highest BCUT2D eigenvalue weighted by Crippen LogP contribution is 2.31. The molecule has 0 radical (unpaired) electrons. The molecule has 0 amide bonds. The number of rotatable bonds is 36. The van der Waals surface area contributed by atoms with Crippen LogP contribution in [-0.2, 0) is 14.2 Å². The van der Waals surface area contributed by atoms with Gasteiger partial charge in [0.05, 0.1) is 0 Å². The van der Waals surface area contributed by atoms with Crippen molar-refractivity contribution in [2.45, 2.75) is 233 Å². The van der Waals surface area contributed by atoms with Gasteiger partial charge in [0.15, 0.2) is 12.6 Å². The molecule has 53 heavy (non-hydrogen) atoms. The van der Waals surface area contributed by atoms with Crippen LogP contribution < -0.4 is 0 Å². The smallest absolute Gasteiger partial charge is 0.160 e. The van der Waals surface area contributed by atoms with Gasteiger partial charge in [-0.1, -0.05) is 155 Å². The van der Waals surface area contributed by atoms with Crippen molar-refractivity contribution in [1.29, 1.82) is 0 Å². The molecule has 0 saturated carbocycles. The average Bonchev–Trinajstić information content (AvgIpc) is 3.00. The zero-order chi connectivity index (χ0) is 40.3. The van der Waals surface area contributed by atoms with Gasteiger partial charge in [0.1, 0.15) is 0 Å². The minimum Gasteiger partial charge on any atom is -0.353 e. The van der Waals surface area contributed by atoms with Crippen molar-refractivity contribution in [3.05, 3.63) is 0 Å². The van der Waals surface area contributed by atoms with E-state index in [4.69, 9.17) is 14.2 Å². The van der Waals surface area contributed by atoms with Gasteiger partial charge in [0.25, 0.3) is 0 Å². The van der Waals surface area contributed by atoms with Crippen molar-refractivity contribution in [2.75, 3.05) is 13.2 Å². The molecule has 320 valence electrons. The maximum absolute atomic E-state index is 6.61. The number of ether oxygens (including phenoxy) is 3. The molecule has 0 aromatic heterocycles. The molecule has 0 aromatic rings. The standard InChI is InChI=1S/C48H96I2O3/c1-15-23-51-47(21-17-19-35(3)25-37(5)27-39(7)29-41(9)31-43(11)33-45(13)49)53-48(52-24-16-2)22-18-20-36(4)26-38(6)28-40(8)30-42(10)32-44(12)34-46(14)50/h35-48H,15-34H2,1-14H3. The number of hydrogen-bond donors (Lipinski definition) is 0. The van der Waals surface area contributed by atoms with E-state index >= 15 is 0 Å². The highest BCUT2D eigenvalue weighted by Gasteiger charge is 2.22. The topological polar surface area (TPSA) is 27.7 Å². The summed E-state index contributed by atoms with van der Waals surface area (Å²) in [6.07, 6.45) is 22.1. The zero-order valence-electron chi connectivity index (χ0n) is 38.2. The van der Waals surface area contributed by atoms with Crippen molar-refractivity contribution >= 4 is 45.2 Å². The summed E-state index contributed by atoms with van der Waals surface area (Å²) in [6, 6.07) is 0. The number of halogens is 2. The minimum atomic E-state index is -0.158. The van der Waals surface area contributed by atoms with E-state index in [0.717, 1.165) is 119 Å². The lowest BCUT2D eigenvalue weighted by Crippen LogP contribution is -2.28. The molecular weight excluding hydrogens is 878 g/mol. The molecule has 0 bridgehead atoms. The van der Waals surface area contributed by atoms with E-state index in [1.54, 1.807) is 0 Å². The maximum Gasteiger partial charge on any atom is 0.160 e. The summed E-state index contributed by atoms with van der Waals surface area (Å²) >= 11 is 5.16. The molecule has 0 fully saturated rings. The van der Waals surface area contributed by atoms with Crippen molar-refractivity contribution in [3.63, 3.8) is 0 Å². The van der Waals surface area contributed by atoms with Gasteiger partial charge < -0.3 is 14.2 Å². The highest BCUT2D eigenvalue weighted by atomic mass is 127. The van der Waals surface area contributed by atoms with Gasteiger partial charge in [-0.25, -0.2) is 0 Å². The zero-order valence-corrected chi connectivity index (χ0v) is 42.5. The van der Waals surface area contributed by atoms with Gasteiger partial charge in [-0.05, 0) is 162 Å². The Labute approximate surface area is 362 Å². The molecule has 0 saturated heterocycles. The Bertz CT molecular complexity index is 744. The molecule has 0 aliphatic rings. The van der Waals surface area contributed by atoms with Crippen molar-refractivity contribution in [2.24, 2.45) is 59.2 Å². The lowest BCUT2D eigenvalue weighted by atomic mass is 9.82. The molecule has 14 atom stereocenters. The Hall–Kier alpha value is 1.34. The molecule has 0 aliphatic carbocycles. The summed E-state index contributed by atoms with van der Waals surface area (Å²) in [6.45, 7) is 35.3. The van der Waals surface area contributed by atoms with Gasteiger partial charge >= 0.3 is 0 Å². The average molecular weight is 975 g/mol. The van der Waals surface area contributed by atoms with Crippen LogP contribution in [0, 0.1) is 59.2 Å². The summed E-state index contributed by atoms with van der Waals surface area (Å²) in [5.41, 5.74) is 0. The van der Waals surface area contributed by atoms with E-state index in [0.29, 0.717) is 0 Å². The Morgan fingerprint density at radius 1 is 0.340 bits per heavy atom. The fourth-order valence-electron chi connectivity index (χ4n) is 9.92. The third-order valence-corrected chi connectivity index (χ3v) is 12.5. The fraction of sp³-hybridized carbons (Fsp3) is 1.00. The fourth-order valence-corrected chi connectivity index (χ4v) is 11.7. The second-order valence-corrected chi connectivity index (χ2v) is 23.8. The summed E-state index contributed by atoms with van der Waals surface area (Å²) in [5.74, 6) is 8.07. The summed E-state index contributed by atoms with van der Waals surface area (Å²) in [4.78, 5) is 0. The predicted molar refractivity (Wildman–Crippen MR) is 254 cm³/mol. The summed E-state index contributed by atoms with van der Waals surface area (Å²) in [5, 5.41) is 0. The molecule has 14 unspecified atom stereocenters. The SMILES string of the molecule is CCCOC(CCCC(C)CC(C)CC(C)CC(C)CC(C)CC(C)I)OC(CCCC(C)CC(C)CC(C)CC(C)CC(C)CC(C)I)OCCC. The Morgan fingerprint density at radius 2 is 0.585 bits per heavy atom. The minimum absolute atomic E-state index is 0.158. The van der Waals surface area contributed by atoms with Crippen LogP contribution in [0.2, 0.25) is 0 Å². The van der Waals surface area contributed by atoms with E-state index in [1.807, 2.05) is 0 Å². The largest absolute Gasteiger partial charge is 0.353 e. The molecule has 5 heteroatoms. The van der Waals surface area contributed by atoms with E-state index in [-0.39, 0.29) is 12.6 Å². The first kappa shape index (κ1) is 54.3. The van der Waals surface area contributed by atoms with E-state index in [9.17, 15) is 0 Å². The van der Waals surface area contributed by atoms with Gasteiger partial charge in [-0.15, -0.1) is 0 Å². The second-order valence-electron chi connectivity index (χ2n) is 19.6. The van der Waals surface area contributed by atoms with E-state index < -0.39 is 0 Å².